The topological polar surface area (TPSA) is 69.0 Å². The molecule has 24 heavy (non-hydrogen) atoms. The van der Waals surface area contributed by atoms with E-state index in [4.69, 9.17) is 11.6 Å². The number of thioether (sulfide) groups is 1. The van der Waals surface area contributed by atoms with Crippen LogP contribution in [-0.2, 0) is 4.79 Å². The minimum atomic E-state index is -2.96. The molecule has 0 atom stereocenters. The summed E-state index contributed by atoms with van der Waals surface area (Å²) in [6.45, 7) is -2.96. The van der Waals surface area contributed by atoms with E-state index in [1.165, 1.54) is 30.0 Å². The van der Waals surface area contributed by atoms with Crippen molar-refractivity contribution < 1.29 is 18.3 Å². The third kappa shape index (κ3) is 4.35. The molecule has 1 fully saturated rings. The Hall–Kier alpha value is -1.87. The van der Waals surface area contributed by atoms with Crippen LogP contribution in [0.2, 0.25) is 5.02 Å². The quantitative estimate of drug-likeness (QED) is 0.750. The molecule has 0 bridgehead atoms. The van der Waals surface area contributed by atoms with Crippen molar-refractivity contribution in [1.29, 1.82) is 0 Å². The average Bonchev–Trinajstić information content (AvgIpc) is 3.26. The van der Waals surface area contributed by atoms with Crippen LogP contribution >= 0.6 is 23.4 Å². The zero-order valence-electron chi connectivity index (χ0n) is 12.3. The summed E-state index contributed by atoms with van der Waals surface area (Å²) in [6, 6.07) is 4.51. The number of anilines is 1. The number of hydrogen-bond acceptors (Lipinski definition) is 5. The van der Waals surface area contributed by atoms with Gasteiger partial charge in [0.15, 0.2) is 5.16 Å². The van der Waals surface area contributed by atoms with Crippen LogP contribution < -0.4 is 10.1 Å². The zero-order chi connectivity index (χ0) is 17.1. The molecule has 1 aromatic heterocycles. The minimum absolute atomic E-state index is 0.00534. The normalized spacial score (nSPS) is 14.0. The van der Waals surface area contributed by atoms with Crippen LogP contribution in [-0.4, -0.2) is 33.0 Å². The van der Waals surface area contributed by atoms with Crippen molar-refractivity contribution >= 4 is 35.0 Å². The number of amides is 1. The van der Waals surface area contributed by atoms with Gasteiger partial charge in [-0.1, -0.05) is 23.4 Å². The van der Waals surface area contributed by atoms with E-state index >= 15 is 0 Å². The van der Waals surface area contributed by atoms with E-state index < -0.39 is 6.61 Å². The molecule has 10 heteroatoms. The van der Waals surface area contributed by atoms with E-state index in [-0.39, 0.29) is 22.4 Å². The Kier molecular flexibility index (Phi) is 5.20. The zero-order valence-corrected chi connectivity index (χ0v) is 13.9. The van der Waals surface area contributed by atoms with Gasteiger partial charge in [-0.05, 0) is 31.0 Å². The van der Waals surface area contributed by atoms with Crippen molar-refractivity contribution in [3.63, 3.8) is 0 Å². The molecule has 0 spiro atoms. The lowest BCUT2D eigenvalue weighted by atomic mass is 10.3. The summed E-state index contributed by atoms with van der Waals surface area (Å²) in [5, 5.41) is 11.2. The smallest absolute Gasteiger partial charge is 0.387 e. The van der Waals surface area contributed by atoms with E-state index in [0.29, 0.717) is 16.9 Å². The van der Waals surface area contributed by atoms with Crippen molar-refractivity contribution in [3.05, 3.63) is 29.5 Å². The predicted molar refractivity (Wildman–Crippen MR) is 85.7 cm³/mol. The van der Waals surface area contributed by atoms with Gasteiger partial charge in [-0.25, -0.2) is 0 Å². The SMILES string of the molecule is O=C(CSc1nncn1C1CC1)Nc1ccc(OC(F)F)c(Cl)c1. The van der Waals surface area contributed by atoms with Crippen molar-refractivity contribution in [1.82, 2.24) is 14.8 Å². The van der Waals surface area contributed by atoms with Crippen LogP contribution in [0.5, 0.6) is 5.75 Å². The van der Waals surface area contributed by atoms with E-state index in [2.05, 4.69) is 20.3 Å². The number of rotatable bonds is 7. The molecular weight excluding hydrogens is 362 g/mol. The van der Waals surface area contributed by atoms with Gasteiger partial charge in [-0.15, -0.1) is 10.2 Å². The maximum atomic E-state index is 12.2. The molecule has 1 saturated carbocycles. The van der Waals surface area contributed by atoms with Crippen molar-refractivity contribution in [2.75, 3.05) is 11.1 Å². The highest BCUT2D eigenvalue weighted by Gasteiger charge is 2.26. The Bertz CT molecular complexity index is 739. The van der Waals surface area contributed by atoms with Gasteiger partial charge in [0.05, 0.1) is 10.8 Å². The van der Waals surface area contributed by atoms with Crippen molar-refractivity contribution in [2.24, 2.45) is 0 Å². The molecule has 1 aliphatic carbocycles. The first-order chi connectivity index (χ1) is 11.5. The van der Waals surface area contributed by atoms with Crippen LogP contribution in [0.15, 0.2) is 29.7 Å². The van der Waals surface area contributed by atoms with Gasteiger partial charge >= 0.3 is 6.61 Å². The number of hydrogen-bond donors (Lipinski definition) is 1. The van der Waals surface area contributed by atoms with E-state index in [1.54, 1.807) is 6.33 Å². The number of carbonyl (C=O) groups excluding carboxylic acids is 1. The lowest BCUT2D eigenvalue weighted by Gasteiger charge is -2.09. The fourth-order valence-electron chi connectivity index (χ4n) is 2.04. The summed E-state index contributed by atoms with van der Waals surface area (Å²) >= 11 is 7.13. The molecule has 128 valence electrons. The molecule has 1 N–H and O–H groups in total. The van der Waals surface area contributed by atoms with Gasteiger partial charge in [-0.3, -0.25) is 4.79 Å². The highest BCUT2D eigenvalue weighted by Crippen LogP contribution is 2.37. The van der Waals surface area contributed by atoms with Crippen LogP contribution in [0, 0.1) is 0 Å². The average molecular weight is 375 g/mol. The number of nitrogens with zero attached hydrogens (tertiary/aromatic N) is 3. The lowest BCUT2D eigenvalue weighted by Crippen LogP contribution is -2.14. The lowest BCUT2D eigenvalue weighted by molar-refractivity contribution is -0.113. The highest BCUT2D eigenvalue weighted by molar-refractivity contribution is 7.99. The fourth-order valence-corrected chi connectivity index (χ4v) is 3.04. The number of alkyl halides is 2. The van der Waals surface area contributed by atoms with E-state index in [0.717, 1.165) is 12.8 Å². The molecule has 0 radical (unpaired) electrons. The Morgan fingerprint density at radius 1 is 1.50 bits per heavy atom. The molecule has 2 aromatic rings. The van der Waals surface area contributed by atoms with Gasteiger partial charge < -0.3 is 14.6 Å². The number of halogens is 3. The third-order valence-corrected chi connectivity index (χ3v) is 4.50. The summed E-state index contributed by atoms with van der Waals surface area (Å²) in [5.74, 6) is -0.251. The van der Waals surface area contributed by atoms with Crippen LogP contribution in [0.4, 0.5) is 14.5 Å². The largest absolute Gasteiger partial charge is 0.433 e. The molecular formula is C14H13ClF2N4O2S. The van der Waals surface area contributed by atoms with E-state index in [9.17, 15) is 13.6 Å². The molecule has 1 aliphatic rings. The third-order valence-electron chi connectivity index (χ3n) is 3.24. The minimum Gasteiger partial charge on any atom is -0.433 e. The Balaban J connectivity index is 1.54. The fraction of sp³-hybridized carbons (Fsp3) is 0.357. The van der Waals surface area contributed by atoms with Crippen molar-refractivity contribution in [2.45, 2.75) is 30.7 Å². The number of benzene rings is 1. The maximum Gasteiger partial charge on any atom is 0.387 e. The Labute approximate surface area is 145 Å². The highest BCUT2D eigenvalue weighted by atomic mass is 35.5. The number of aromatic nitrogens is 3. The Morgan fingerprint density at radius 2 is 2.29 bits per heavy atom. The maximum absolute atomic E-state index is 12.2. The second-order valence-corrected chi connectivity index (χ2v) is 6.46. The molecule has 6 nitrogen and oxygen atoms in total. The summed E-state index contributed by atoms with van der Waals surface area (Å²) in [5.41, 5.74) is 0.399. The monoisotopic (exact) mass is 374 g/mol. The molecule has 0 aliphatic heterocycles. The molecule has 0 unspecified atom stereocenters. The second-order valence-electron chi connectivity index (χ2n) is 5.11. The van der Waals surface area contributed by atoms with Crippen LogP contribution in [0.3, 0.4) is 0 Å². The van der Waals surface area contributed by atoms with Crippen LogP contribution in [0.1, 0.15) is 18.9 Å². The van der Waals surface area contributed by atoms with Gasteiger partial charge in [0, 0.05) is 11.7 Å². The molecule has 0 saturated heterocycles. The standard InChI is InChI=1S/C14H13ClF2N4O2S/c15-10-5-8(1-4-11(10)23-13(16)17)19-12(22)6-24-14-20-18-7-21(14)9-2-3-9/h1,4-5,7,9,13H,2-3,6H2,(H,19,22). The van der Waals surface area contributed by atoms with Gasteiger partial charge in [-0.2, -0.15) is 8.78 Å². The first kappa shape index (κ1) is 17.0. The van der Waals surface area contributed by atoms with Gasteiger partial charge in [0.25, 0.3) is 0 Å². The van der Waals surface area contributed by atoms with E-state index in [1.807, 2.05) is 4.57 Å². The summed E-state index contributed by atoms with van der Waals surface area (Å²) in [7, 11) is 0. The Morgan fingerprint density at radius 3 is 2.96 bits per heavy atom. The molecule has 1 amide bonds. The number of nitrogens with one attached hydrogen (secondary N) is 1. The van der Waals surface area contributed by atoms with Crippen LogP contribution in [0.25, 0.3) is 0 Å². The van der Waals surface area contributed by atoms with Crippen molar-refractivity contribution in [3.8, 4) is 5.75 Å². The molecule has 3 rings (SSSR count). The molecule has 1 aromatic carbocycles. The summed E-state index contributed by atoms with van der Waals surface area (Å²) < 4.78 is 30.6. The predicted octanol–water partition coefficient (Wildman–Crippen LogP) is 3.60. The van der Waals surface area contributed by atoms with Gasteiger partial charge in [0.2, 0.25) is 5.91 Å². The summed E-state index contributed by atoms with van der Waals surface area (Å²) in [6.07, 6.45) is 3.87. The van der Waals surface area contributed by atoms with Gasteiger partial charge in [0.1, 0.15) is 12.1 Å². The first-order valence-corrected chi connectivity index (χ1v) is 8.46. The second kappa shape index (κ2) is 7.35. The summed E-state index contributed by atoms with van der Waals surface area (Å²) in [4.78, 5) is 12.0. The number of ether oxygens (including phenoxy) is 1. The molecule has 1 heterocycles. The first-order valence-electron chi connectivity index (χ1n) is 7.09. The number of carbonyl (C=O) groups is 1.